The normalized spacial score (nSPS) is 17.7. The fraction of sp³-hybridized carbons (Fsp3) is 0.923. The minimum absolute atomic E-state index is 0.0661. The van der Waals surface area contributed by atoms with E-state index < -0.39 is 0 Å². The third-order valence-electron chi connectivity index (χ3n) is 2.92. The van der Waals surface area contributed by atoms with Crippen molar-refractivity contribution in [1.82, 2.24) is 5.32 Å². The minimum atomic E-state index is -0.114. The van der Waals surface area contributed by atoms with Crippen molar-refractivity contribution in [3.05, 3.63) is 0 Å². The van der Waals surface area contributed by atoms with Crippen molar-refractivity contribution in [3.63, 3.8) is 0 Å². The molecule has 0 radical (unpaired) electrons. The van der Waals surface area contributed by atoms with Crippen LogP contribution in [0.25, 0.3) is 0 Å². The Morgan fingerprint density at radius 2 is 1.75 bits per heavy atom. The van der Waals surface area contributed by atoms with Gasteiger partial charge in [0.05, 0.1) is 0 Å². The Labute approximate surface area is 100 Å². The molecule has 0 saturated heterocycles. The molecule has 96 valence electrons. The molecular weight excluding hydrogens is 200 g/mol. The number of hydrogen-bond acceptors (Lipinski definition) is 2. The van der Waals surface area contributed by atoms with Crippen LogP contribution in [0.2, 0.25) is 0 Å². The third-order valence-corrected chi connectivity index (χ3v) is 2.92. The molecule has 0 aromatic rings. The summed E-state index contributed by atoms with van der Waals surface area (Å²) in [5.41, 5.74) is 6.02. The predicted octanol–water partition coefficient (Wildman–Crippen LogP) is 2.30. The molecule has 0 aliphatic carbocycles. The molecule has 0 aromatic heterocycles. The Hall–Kier alpha value is -0.570. The van der Waals surface area contributed by atoms with Crippen molar-refractivity contribution in [2.24, 2.45) is 17.1 Å². The van der Waals surface area contributed by atoms with E-state index in [4.69, 9.17) is 5.73 Å². The first-order chi connectivity index (χ1) is 7.13. The number of amides is 1. The molecule has 0 aromatic carbocycles. The van der Waals surface area contributed by atoms with E-state index >= 15 is 0 Å². The molecule has 0 aliphatic heterocycles. The summed E-state index contributed by atoms with van der Waals surface area (Å²) >= 11 is 0. The van der Waals surface area contributed by atoms with Gasteiger partial charge in [0.15, 0.2) is 0 Å². The van der Waals surface area contributed by atoms with Gasteiger partial charge in [-0.25, -0.2) is 0 Å². The first-order valence-corrected chi connectivity index (χ1v) is 6.19. The van der Waals surface area contributed by atoms with Crippen LogP contribution in [0, 0.1) is 11.3 Å². The topological polar surface area (TPSA) is 55.1 Å². The van der Waals surface area contributed by atoms with Crippen LogP contribution in [0.1, 0.15) is 54.4 Å². The highest BCUT2D eigenvalue weighted by atomic mass is 16.1. The maximum Gasteiger partial charge on any atom is 0.224 e. The van der Waals surface area contributed by atoms with Crippen LogP contribution in [-0.4, -0.2) is 18.0 Å². The lowest BCUT2D eigenvalue weighted by molar-refractivity contribution is -0.125. The van der Waals surface area contributed by atoms with Gasteiger partial charge in [-0.15, -0.1) is 0 Å². The van der Waals surface area contributed by atoms with E-state index in [0.29, 0.717) is 5.41 Å². The summed E-state index contributed by atoms with van der Waals surface area (Å²) in [7, 11) is 0. The Kier molecular flexibility index (Phi) is 6.01. The van der Waals surface area contributed by atoms with Gasteiger partial charge in [0.25, 0.3) is 0 Å². The van der Waals surface area contributed by atoms with Crippen LogP contribution in [-0.2, 0) is 4.79 Å². The summed E-state index contributed by atoms with van der Waals surface area (Å²) in [5, 5.41) is 3.01. The molecule has 3 N–H and O–H groups in total. The lowest BCUT2D eigenvalue weighted by Crippen LogP contribution is -2.42. The van der Waals surface area contributed by atoms with Crippen LogP contribution in [0.4, 0.5) is 0 Å². The van der Waals surface area contributed by atoms with Gasteiger partial charge < -0.3 is 11.1 Å². The molecule has 16 heavy (non-hydrogen) atoms. The van der Waals surface area contributed by atoms with Crippen molar-refractivity contribution in [2.45, 2.75) is 66.5 Å². The highest BCUT2D eigenvalue weighted by molar-refractivity contribution is 5.79. The van der Waals surface area contributed by atoms with E-state index in [0.717, 1.165) is 12.8 Å². The van der Waals surface area contributed by atoms with Crippen LogP contribution >= 0.6 is 0 Å². The summed E-state index contributed by atoms with van der Waals surface area (Å²) in [6.45, 7) is 12.4. The van der Waals surface area contributed by atoms with Gasteiger partial charge in [-0.3, -0.25) is 4.79 Å². The van der Waals surface area contributed by atoms with Gasteiger partial charge >= 0.3 is 0 Å². The van der Waals surface area contributed by atoms with Crippen LogP contribution in [0.3, 0.4) is 0 Å². The molecule has 0 rings (SSSR count). The monoisotopic (exact) mass is 228 g/mol. The van der Waals surface area contributed by atoms with E-state index in [9.17, 15) is 4.79 Å². The maximum absolute atomic E-state index is 11.7. The molecule has 3 heteroatoms. The number of carbonyl (C=O) groups is 1. The molecule has 1 amide bonds. The standard InChI is InChI=1S/C13H28N2O/c1-9(7-8-13(4,5)6)15-12(16)10(2)11(3)14/h9-11H,7-8,14H2,1-6H3,(H,15,16). The fourth-order valence-corrected chi connectivity index (χ4v) is 1.33. The second-order valence-corrected chi connectivity index (χ2v) is 6.16. The fourth-order valence-electron chi connectivity index (χ4n) is 1.33. The SMILES string of the molecule is CC(CCC(C)(C)C)NC(=O)C(C)C(C)N. The van der Waals surface area contributed by atoms with E-state index in [-0.39, 0.29) is 23.9 Å². The molecule has 0 bridgehead atoms. The summed E-state index contributed by atoms with van der Waals surface area (Å²) in [6, 6.07) is 0.141. The zero-order chi connectivity index (χ0) is 12.9. The van der Waals surface area contributed by atoms with Crippen molar-refractivity contribution in [2.75, 3.05) is 0 Å². The quantitative estimate of drug-likeness (QED) is 0.758. The van der Waals surface area contributed by atoms with Crippen LogP contribution < -0.4 is 11.1 Å². The van der Waals surface area contributed by atoms with Gasteiger partial charge in [-0.2, -0.15) is 0 Å². The third kappa shape index (κ3) is 6.83. The largest absolute Gasteiger partial charge is 0.353 e. The lowest BCUT2D eigenvalue weighted by atomic mass is 9.89. The Bertz CT molecular complexity index is 218. The van der Waals surface area contributed by atoms with Crippen molar-refractivity contribution in [3.8, 4) is 0 Å². The zero-order valence-electron chi connectivity index (χ0n) is 11.6. The lowest BCUT2D eigenvalue weighted by Gasteiger charge is -2.23. The summed E-state index contributed by atoms with van der Waals surface area (Å²) < 4.78 is 0. The first-order valence-electron chi connectivity index (χ1n) is 6.19. The van der Waals surface area contributed by atoms with E-state index in [1.54, 1.807) is 0 Å². The second-order valence-electron chi connectivity index (χ2n) is 6.16. The molecule has 3 unspecified atom stereocenters. The molecule has 0 aliphatic rings. The van der Waals surface area contributed by atoms with Gasteiger partial charge in [0.1, 0.15) is 0 Å². The number of carbonyl (C=O) groups excluding carboxylic acids is 1. The maximum atomic E-state index is 11.7. The summed E-state index contributed by atoms with van der Waals surface area (Å²) in [4.78, 5) is 11.7. The molecule has 3 atom stereocenters. The molecule has 0 spiro atoms. The van der Waals surface area contributed by atoms with Gasteiger partial charge in [-0.05, 0) is 32.1 Å². The van der Waals surface area contributed by atoms with E-state index in [2.05, 4.69) is 33.0 Å². The highest BCUT2D eigenvalue weighted by Gasteiger charge is 2.19. The zero-order valence-corrected chi connectivity index (χ0v) is 11.6. The Morgan fingerprint density at radius 3 is 2.12 bits per heavy atom. The molecular formula is C13H28N2O. The smallest absolute Gasteiger partial charge is 0.224 e. The number of nitrogens with one attached hydrogen (secondary N) is 1. The molecule has 0 saturated carbocycles. The average molecular weight is 228 g/mol. The van der Waals surface area contributed by atoms with E-state index in [1.165, 1.54) is 0 Å². The van der Waals surface area contributed by atoms with Crippen molar-refractivity contribution in [1.29, 1.82) is 0 Å². The number of nitrogens with two attached hydrogens (primary N) is 1. The average Bonchev–Trinajstić information content (AvgIpc) is 2.12. The number of rotatable bonds is 5. The number of hydrogen-bond donors (Lipinski definition) is 2. The Balaban J connectivity index is 3.96. The van der Waals surface area contributed by atoms with Gasteiger partial charge in [-0.1, -0.05) is 27.7 Å². The summed E-state index contributed by atoms with van der Waals surface area (Å²) in [5.74, 6) is -0.0477. The Morgan fingerprint density at radius 1 is 1.25 bits per heavy atom. The molecule has 0 fully saturated rings. The van der Waals surface area contributed by atoms with Gasteiger partial charge in [0.2, 0.25) is 5.91 Å². The molecule has 3 nitrogen and oxygen atoms in total. The highest BCUT2D eigenvalue weighted by Crippen LogP contribution is 2.21. The van der Waals surface area contributed by atoms with Crippen molar-refractivity contribution >= 4 is 5.91 Å². The van der Waals surface area contributed by atoms with Crippen molar-refractivity contribution < 1.29 is 4.79 Å². The molecule has 0 heterocycles. The minimum Gasteiger partial charge on any atom is -0.353 e. The van der Waals surface area contributed by atoms with Crippen LogP contribution in [0.15, 0.2) is 0 Å². The second kappa shape index (κ2) is 6.24. The predicted molar refractivity (Wildman–Crippen MR) is 69.1 cm³/mol. The van der Waals surface area contributed by atoms with Gasteiger partial charge in [0, 0.05) is 18.0 Å². The summed E-state index contributed by atoms with van der Waals surface area (Å²) in [6.07, 6.45) is 2.13. The van der Waals surface area contributed by atoms with Crippen LogP contribution in [0.5, 0.6) is 0 Å². The first kappa shape index (κ1) is 15.4. The van der Waals surface area contributed by atoms with E-state index in [1.807, 2.05) is 13.8 Å².